The van der Waals surface area contributed by atoms with Gasteiger partial charge in [0.1, 0.15) is 5.82 Å². The van der Waals surface area contributed by atoms with Crippen LogP contribution in [-0.2, 0) is 0 Å². The van der Waals surface area contributed by atoms with Gasteiger partial charge < -0.3 is 4.42 Å². The van der Waals surface area contributed by atoms with Crippen LogP contribution >= 0.6 is 15.9 Å². The van der Waals surface area contributed by atoms with Crippen molar-refractivity contribution in [3.8, 4) is 11.5 Å². The summed E-state index contributed by atoms with van der Waals surface area (Å²) in [6.07, 6.45) is 0. The lowest BCUT2D eigenvalue weighted by molar-refractivity contribution is 0.521. The van der Waals surface area contributed by atoms with Crippen molar-refractivity contribution in [3.05, 3.63) is 39.0 Å². The van der Waals surface area contributed by atoms with Gasteiger partial charge in [-0.1, -0.05) is 15.9 Å². The van der Waals surface area contributed by atoms with Crippen molar-refractivity contribution >= 4 is 15.9 Å². The molecule has 1 heterocycles. The van der Waals surface area contributed by atoms with Crippen LogP contribution in [0.25, 0.3) is 11.5 Å². The highest BCUT2D eigenvalue weighted by Crippen LogP contribution is 2.22. The number of nitrogens with one attached hydrogen (secondary N) is 1. The van der Waals surface area contributed by atoms with Crippen LogP contribution in [0.1, 0.15) is 0 Å². The molecule has 0 spiro atoms. The lowest BCUT2D eigenvalue weighted by atomic mass is 10.2. The molecule has 0 aliphatic rings. The van der Waals surface area contributed by atoms with Gasteiger partial charge in [0.15, 0.2) is 0 Å². The van der Waals surface area contributed by atoms with Crippen molar-refractivity contribution in [2.24, 2.45) is 0 Å². The summed E-state index contributed by atoms with van der Waals surface area (Å²) in [6.45, 7) is 0. The quantitative estimate of drug-likeness (QED) is 0.851. The Balaban J connectivity index is 2.57. The average molecular weight is 259 g/mol. The zero-order valence-corrected chi connectivity index (χ0v) is 8.34. The third kappa shape index (κ3) is 1.60. The third-order valence-corrected chi connectivity index (χ3v) is 2.09. The zero-order valence-electron chi connectivity index (χ0n) is 6.75. The van der Waals surface area contributed by atoms with Gasteiger partial charge in [-0.05, 0) is 18.2 Å². The van der Waals surface area contributed by atoms with Gasteiger partial charge in [-0.2, -0.15) is 0 Å². The first kappa shape index (κ1) is 9.14. The van der Waals surface area contributed by atoms with Gasteiger partial charge in [-0.3, -0.25) is 0 Å². The topological polar surface area (TPSA) is 58.9 Å². The van der Waals surface area contributed by atoms with Crippen molar-refractivity contribution < 1.29 is 8.81 Å². The molecule has 0 aliphatic carbocycles. The summed E-state index contributed by atoms with van der Waals surface area (Å²) in [4.78, 5) is 10.6. The number of nitrogens with zero attached hydrogens (tertiary/aromatic N) is 1. The predicted molar refractivity (Wildman–Crippen MR) is 50.2 cm³/mol. The van der Waals surface area contributed by atoms with Crippen LogP contribution in [0.15, 0.2) is 31.9 Å². The van der Waals surface area contributed by atoms with Crippen LogP contribution in [0.5, 0.6) is 0 Å². The second-order valence-corrected chi connectivity index (χ2v) is 3.46. The fraction of sp³-hybridized carbons (Fsp3) is 0. The maximum Gasteiger partial charge on any atom is 0.434 e. The van der Waals surface area contributed by atoms with Crippen LogP contribution in [-0.4, -0.2) is 10.2 Å². The summed E-state index contributed by atoms with van der Waals surface area (Å²) in [7, 11) is 0. The first-order valence-corrected chi connectivity index (χ1v) is 4.47. The summed E-state index contributed by atoms with van der Waals surface area (Å²) in [6, 6.07) is 4.37. The van der Waals surface area contributed by atoms with Gasteiger partial charge in [0.25, 0.3) is 5.89 Å². The molecule has 2 rings (SSSR count). The van der Waals surface area contributed by atoms with E-state index in [1.807, 2.05) is 0 Å². The van der Waals surface area contributed by atoms with E-state index in [9.17, 15) is 9.18 Å². The number of H-pyrrole nitrogens is 1. The third-order valence-electron chi connectivity index (χ3n) is 1.60. The summed E-state index contributed by atoms with van der Waals surface area (Å²) < 4.78 is 18.5. The Morgan fingerprint density at radius 3 is 2.86 bits per heavy atom. The van der Waals surface area contributed by atoms with Crippen molar-refractivity contribution in [1.29, 1.82) is 0 Å². The maximum atomic E-state index is 13.3. The molecule has 0 saturated heterocycles. The molecular weight excluding hydrogens is 255 g/mol. The van der Waals surface area contributed by atoms with E-state index in [4.69, 9.17) is 0 Å². The average Bonchev–Trinajstić information content (AvgIpc) is 2.51. The lowest BCUT2D eigenvalue weighted by Gasteiger charge is -1.96. The molecule has 1 aromatic carbocycles. The SMILES string of the molecule is O=c1[nH]nc(-c2ccc(Br)cc2F)o1. The van der Waals surface area contributed by atoms with Gasteiger partial charge in [0, 0.05) is 4.47 Å². The molecule has 1 N–H and O–H groups in total. The predicted octanol–water partition coefficient (Wildman–Crippen LogP) is 1.93. The molecular formula is C8H4BrFN2O2. The standard InChI is InChI=1S/C8H4BrFN2O2/c9-4-1-2-5(6(10)3-4)7-11-12-8(13)14-7/h1-3H,(H,12,13). The highest BCUT2D eigenvalue weighted by molar-refractivity contribution is 9.10. The first-order valence-electron chi connectivity index (χ1n) is 3.68. The molecule has 0 amide bonds. The molecule has 2 aromatic rings. The van der Waals surface area contributed by atoms with E-state index in [0.29, 0.717) is 4.47 Å². The molecule has 0 unspecified atom stereocenters. The van der Waals surface area contributed by atoms with E-state index >= 15 is 0 Å². The Kier molecular flexibility index (Phi) is 2.20. The molecule has 0 radical (unpaired) electrons. The van der Waals surface area contributed by atoms with Crippen LogP contribution in [0, 0.1) is 5.82 Å². The molecule has 4 nitrogen and oxygen atoms in total. The number of rotatable bonds is 1. The van der Waals surface area contributed by atoms with E-state index in [2.05, 4.69) is 30.5 Å². The van der Waals surface area contributed by atoms with Gasteiger partial charge in [-0.25, -0.2) is 14.3 Å². The number of aromatic nitrogens is 2. The normalized spacial score (nSPS) is 10.4. The molecule has 0 fully saturated rings. The van der Waals surface area contributed by atoms with Crippen LogP contribution in [0.3, 0.4) is 0 Å². The highest BCUT2D eigenvalue weighted by atomic mass is 79.9. The number of aromatic amines is 1. The van der Waals surface area contributed by atoms with Crippen molar-refractivity contribution in [1.82, 2.24) is 10.2 Å². The smallest absolute Gasteiger partial charge is 0.388 e. The highest BCUT2D eigenvalue weighted by Gasteiger charge is 2.10. The van der Waals surface area contributed by atoms with Gasteiger partial charge >= 0.3 is 5.76 Å². The molecule has 72 valence electrons. The molecule has 6 heteroatoms. The number of hydrogen-bond donors (Lipinski definition) is 1. The minimum Gasteiger partial charge on any atom is -0.388 e. The molecule has 0 aliphatic heterocycles. The van der Waals surface area contributed by atoms with Crippen LogP contribution < -0.4 is 5.76 Å². The summed E-state index contributed by atoms with van der Waals surface area (Å²) in [5.74, 6) is -1.27. The second kappa shape index (κ2) is 3.38. The Labute approximate surface area is 85.9 Å². The second-order valence-electron chi connectivity index (χ2n) is 2.54. The van der Waals surface area contributed by atoms with Crippen molar-refractivity contribution in [2.45, 2.75) is 0 Å². The van der Waals surface area contributed by atoms with Crippen molar-refractivity contribution in [3.63, 3.8) is 0 Å². The van der Waals surface area contributed by atoms with Gasteiger partial charge in [-0.15, -0.1) is 5.10 Å². The van der Waals surface area contributed by atoms with E-state index in [1.165, 1.54) is 12.1 Å². The summed E-state index contributed by atoms with van der Waals surface area (Å²) >= 11 is 3.11. The lowest BCUT2D eigenvalue weighted by Crippen LogP contribution is -1.93. The fourth-order valence-corrected chi connectivity index (χ4v) is 1.34. The van der Waals surface area contributed by atoms with E-state index < -0.39 is 11.6 Å². The molecule has 0 bridgehead atoms. The van der Waals surface area contributed by atoms with E-state index in [-0.39, 0.29) is 11.5 Å². The Bertz CT molecular complexity index is 520. The molecule has 0 atom stereocenters. The van der Waals surface area contributed by atoms with E-state index in [1.54, 1.807) is 6.07 Å². The zero-order chi connectivity index (χ0) is 10.1. The Hall–Kier alpha value is -1.43. The molecule has 0 saturated carbocycles. The van der Waals surface area contributed by atoms with Gasteiger partial charge in [0.2, 0.25) is 0 Å². The van der Waals surface area contributed by atoms with Gasteiger partial charge in [0.05, 0.1) is 5.56 Å². The molecule has 14 heavy (non-hydrogen) atoms. The van der Waals surface area contributed by atoms with Crippen molar-refractivity contribution in [2.75, 3.05) is 0 Å². The van der Waals surface area contributed by atoms with E-state index in [0.717, 1.165) is 0 Å². The fourth-order valence-electron chi connectivity index (χ4n) is 1.01. The number of benzene rings is 1. The summed E-state index contributed by atoms with van der Waals surface area (Å²) in [5, 5.41) is 5.58. The minimum atomic E-state index is -0.706. The summed E-state index contributed by atoms with van der Waals surface area (Å²) in [5.41, 5.74) is 0.145. The maximum absolute atomic E-state index is 13.3. The van der Waals surface area contributed by atoms with Crippen LogP contribution in [0.2, 0.25) is 0 Å². The first-order chi connectivity index (χ1) is 6.66. The molecule has 1 aromatic heterocycles. The Morgan fingerprint density at radius 2 is 2.29 bits per heavy atom. The Morgan fingerprint density at radius 1 is 1.50 bits per heavy atom. The number of hydrogen-bond acceptors (Lipinski definition) is 3. The van der Waals surface area contributed by atoms with Crippen LogP contribution in [0.4, 0.5) is 4.39 Å². The minimum absolute atomic E-state index is 0.0556. The largest absolute Gasteiger partial charge is 0.434 e. The monoisotopic (exact) mass is 258 g/mol. The number of halogens is 2.